The molecule has 210 valence electrons. The lowest BCUT2D eigenvalue weighted by molar-refractivity contribution is 0.186. The number of aromatic nitrogens is 2. The first-order valence-corrected chi connectivity index (χ1v) is 14.1. The molecule has 1 fully saturated rings. The Balaban J connectivity index is 1.50. The molecule has 3 aromatic carbocycles. The highest BCUT2D eigenvalue weighted by Crippen LogP contribution is 2.41. The predicted molar refractivity (Wildman–Crippen MR) is 159 cm³/mol. The van der Waals surface area contributed by atoms with Crippen molar-refractivity contribution >= 4 is 27.8 Å². The Morgan fingerprint density at radius 2 is 1.73 bits per heavy atom. The summed E-state index contributed by atoms with van der Waals surface area (Å²) in [5.74, 6) is -1.34. The van der Waals surface area contributed by atoms with Crippen molar-refractivity contribution in [2.45, 2.75) is 31.6 Å². The second-order valence-electron chi connectivity index (χ2n) is 10.7. The van der Waals surface area contributed by atoms with Crippen LogP contribution in [0, 0.1) is 5.82 Å². The van der Waals surface area contributed by atoms with Crippen LogP contribution in [0.25, 0.3) is 21.8 Å². The molecule has 41 heavy (non-hydrogen) atoms. The highest BCUT2D eigenvalue weighted by Gasteiger charge is 2.30. The molecule has 1 atom stereocenters. The van der Waals surface area contributed by atoms with Gasteiger partial charge in [0, 0.05) is 48.7 Å². The average molecular weight is 553 g/mol. The van der Waals surface area contributed by atoms with Crippen LogP contribution in [-0.2, 0) is 13.5 Å². The van der Waals surface area contributed by atoms with E-state index in [-0.39, 0.29) is 22.9 Å². The van der Waals surface area contributed by atoms with Gasteiger partial charge in [0.2, 0.25) is 0 Å². The van der Waals surface area contributed by atoms with Crippen molar-refractivity contribution in [1.29, 1.82) is 0 Å². The molecule has 5 aromatic rings. The van der Waals surface area contributed by atoms with Gasteiger partial charge in [0.1, 0.15) is 11.6 Å². The lowest BCUT2D eigenvalue weighted by atomic mass is 9.85. The number of amides is 2. The minimum absolute atomic E-state index is 0.0752. The van der Waals surface area contributed by atoms with Crippen LogP contribution in [0.3, 0.4) is 0 Å². The number of benzene rings is 3. The number of halogens is 1. The van der Waals surface area contributed by atoms with Crippen molar-refractivity contribution in [2.75, 3.05) is 19.6 Å². The van der Waals surface area contributed by atoms with E-state index < -0.39 is 11.7 Å². The zero-order valence-corrected chi connectivity index (χ0v) is 23.0. The van der Waals surface area contributed by atoms with Crippen LogP contribution in [0.15, 0.2) is 77.6 Å². The Morgan fingerprint density at radius 1 is 1.00 bits per heavy atom. The lowest BCUT2D eigenvalue weighted by Gasteiger charge is -2.27. The van der Waals surface area contributed by atoms with Crippen LogP contribution in [0.1, 0.15) is 47.6 Å². The molecule has 0 radical (unpaired) electrons. The number of aromatic amines is 1. The summed E-state index contributed by atoms with van der Waals surface area (Å²) < 4.78 is 16.2. The van der Waals surface area contributed by atoms with Crippen LogP contribution in [0.4, 0.5) is 9.18 Å². The number of likely N-dealkylation sites (tertiary alicyclic amines) is 1. The summed E-state index contributed by atoms with van der Waals surface area (Å²) in [6.45, 7) is 1.91. The predicted octanol–water partition coefficient (Wildman–Crippen LogP) is 5.78. The van der Waals surface area contributed by atoms with E-state index in [1.807, 2.05) is 41.3 Å². The third-order valence-corrected chi connectivity index (χ3v) is 8.21. The summed E-state index contributed by atoms with van der Waals surface area (Å²) in [6, 6.07) is 21.1. The minimum Gasteiger partial charge on any atom is -0.507 e. The van der Waals surface area contributed by atoms with Gasteiger partial charge in [-0.15, -0.1) is 0 Å². The van der Waals surface area contributed by atoms with E-state index in [1.54, 1.807) is 31.3 Å². The zero-order chi connectivity index (χ0) is 28.5. The first-order valence-electron chi connectivity index (χ1n) is 14.1. The number of piperidine rings is 1. The number of aromatic hydroxyl groups is 1. The van der Waals surface area contributed by atoms with Crippen molar-refractivity contribution < 1.29 is 14.3 Å². The van der Waals surface area contributed by atoms with E-state index in [9.17, 15) is 19.1 Å². The fourth-order valence-electron chi connectivity index (χ4n) is 6.17. The van der Waals surface area contributed by atoms with Crippen LogP contribution < -0.4 is 10.9 Å². The van der Waals surface area contributed by atoms with E-state index in [0.29, 0.717) is 35.1 Å². The Labute approximate surface area is 237 Å². The molecule has 0 bridgehead atoms. The molecule has 2 amide bonds. The third-order valence-electron chi connectivity index (χ3n) is 8.21. The van der Waals surface area contributed by atoms with E-state index in [0.717, 1.165) is 48.8 Å². The SMILES string of the molecule is Cn1c(=O)c(C(c2cccc(F)c2)c2[nH]c3ccccc3c2CCNC(=O)N2CCCCC2)c(O)c2ccccc21. The van der Waals surface area contributed by atoms with Gasteiger partial charge < -0.3 is 24.9 Å². The Bertz CT molecular complexity index is 1800. The normalized spacial score (nSPS) is 14.4. The van der Waals surface area contributed by atoms with Gasteiger partial charge in [0.05, 0.1) is 17.0 Å². The van der Waals surface area contributed by atoms with Crippen molar-refractivity contribution in [2.24, 2.45) is 7.05 Å². The lowest BCUT2D eigenvalue weighted by Crippen LogP contribution is -2.43. The van der Waals surface area contributed by atoms with Crippen molar-refractivity contribution in [3.8, 4) is 5.75 Å². The smallest absolute Gasteiger partial charge is 0.317 e. The van der Waals surface area contributed by atoms with Gasteiger partial charge >= 0.3 is 6.03 Å². The number of para-hydroxylation sites is 2. The number of hydrogen-bond donors (Lipinski definition) is 3. The number of rotatable bonds is 6. The molecule has 8 heteroatoms. The monoisotopic (exact) mass is 552 g/mol. The zero-order valence-electron chi connectivity index (χ0n) is 23.0. The van der Waals surface area contributed by atoms with Crippen molar-refractivity contribution in [1.82, 2.24) is 19.8 Å². The Morgan fingerprint density at radius 3 is 2.51 bits per heavy atom. The van der Waals surface area contributed by atoms with E-state index in [2.05, 4.69) is 10.3 Å². The molecule has 7 nitrogen and oxygen atoms in total. The van der Waals surface area contributed by atoms with Crippen LogP contribution >= 0.6 is 0 Å². The fraction of sp³-hybridized carbons (Fsp3) is 0.273. The quantitative estimate of drug-likeness (QED) is 0.249. The van der Waals surface area contributed by atoms with Crippen molar-refractivity contribution in [3.05, 3.63) is 111 Å². The number of nitrogens with one attached hydrogen (secondary N) is 2. The molecule has 2 aromatic heterocycles. The molecule has 3 heterocycles. The molecule has 0 aliphatic carbocycles. The summed E-state index contributed by atoms with van der Waals surface area (Å²) in [5, 5.41) is 16.1. The molecule has 0 saturated carbocycles. The highest BCUT2D eigenvalue weighted by molar-refractivity contribution is 5.88. The highest BCUT2D eigenvalue weighted by atomic mass is 19.1. The topological polar surface area (TPSA) is 90.4 Å². The number of fused-ring (bicyclic) bond motifs is 2. The second-order valence-corrected chi connectivity index (χ2v) is 10.7. The van der Waals surface area contributed by atoms with Gasteiger partial charge in [-0.3, -0.25) is 4.79 Å². The second kappa shape index (κ2) is 11.1. The molecular weight excluding hydrogens is 519 g/mol. The first kappa shape index (κ1) is 26.6. The van der Waals surface area contributed by atoms with Crippen LogP contribution in [0.2, 0.25) is 0 Å². The van der Waals surface area contributed by atoms with Gasteiger partial charge in [-0.1, -0.05) is 42.5 Å². The fourth-order valence-corrected chi connectivity index (χ4v) is 6.17. The largest absolute Gasteiger partial charge is 0.507 e. The van der Waals surface area contributed by atoms with E-state index >= 15 is 0 Å². The Kier molecular flexibility index (Phi) is 7.22. The molecule has 1 saturated heterocycles. The number of hydrogen-bond acceptors (Lipinski definition) is 3. The summed E-state index contributed by atoms with van der Waals surface area (Å²) in [4.78, 5) is 32.1. The average Bonchev–Trinajstić information content (AvgIpc) is 3.36. The number of aryl methyl sites for hydroxylation is 1. The summed E-state index contributed by atoms with van der Waals surface area (Å²) in [7, 11) is 1.68. The van der Waals surface area contributed by atoms with Crippen LogP contribution in [-0.4, -0.2) is 45.2 Å². The van der Waals surface area contributed by atoms with Gasteiger partial charge in [-0.2, -0.15) is 0 Å². The van der Waals surface area contributed by atoms with E-state index in [4.69, 9.17) is 0 Å². The first-order chi connectivity index (χ1) is 19.9. The standard InChI is InChI=1S/C33H33FN4O3/c1-37-27-15-6-4-13-25(27)31(39)29(32(37)40)28(21-10-9-11-22(34)20-21)30-24(23-12-3-5-14-26(23)36-30)16-17-35-33(41)38-18-7-2-8-19-38/h3-6,9-15,20,28,36,39H,2,7-8,16-19H2,1H3,(H,35,41). The number of H-pyrrole nitrogens is 1. The number of carbonyl (C=O) groups is 1. The third kappa shape index (κ3) is 4.94. The van der Waals surface area contributed by atoms with E-state index in [1.165, 1.54) is 16.7 Å². The number of carbonyl (C=O) groups excluding carboxylic acids is 1. The maximum Gasteiger partial charge on any atom is 0.317 e. The molecule has 0 spiro atoms. The molecule has 1 unspecified atom stereocenters. The molecule has 1 aliphatic heterocycles. The molecule has 6 rings (SSSR count). The van der Waals surface area contributed by atoms with Gasteiger partial charge in [0.15, 0.2) is 0 Å². The van der Waals surface area contributed by atoms with Gasteiger partial charge in [-0.25, -0.2) is 9.18 Å². The van der Waals surface area contributed by atoms with Crippen LogP contribution in [0.5, 0.6) is 5.75 Å². The Hall–Kier alpha value is -4.59. The maximum absolute atomic E-state index is 14.7. The summed E-state index contributed by atoms with van der Waals surface area (Å²) >= 11 is 0. The van der Waals surface area contributed by atoms with Gasteiger partial charge in [0.25, 0.3) is 5.56 Å². The number of urea groups is 1. The molecule has 1 aliphatic rings. The molecule has 3 N–H and O–H groups in total. The number of nitrogens with zero attached hydrogens (tertiary/aromatic N) is 2. The maximum atomic E-state index is 14.7. The number of pyridine rings is 1. The molecular formula is C33H33FN4O3. The summed E-state index contributed by atoms with van der Waals surface area (Å²) in [6.07, 6.45) is 3.66. The summed E-state index contributed by atoms with van der Waals surface area (Å²) in [5.41, 5.74) is 3.40. The van der Waals surface area contributed by atoms with Gasteiger partial charge in [-0.05, 0) is 67.1 Å². The van der Waals surface area contributed by atoms with Crippen molar-refractivity contribution in [3.63, 3.8) is 0 Å². The minimum atomic E-state index is -0.783.